The van der Waals surface area contributed by atoms with Crippen LogP contribution in [-0.2, 0) is 4.79 Å². The van der Waals surface area contributed by atoms with Crippen LogP contribution in [-0.4, -0.2) is 25.5 Å². The lowest BCUT2D eigenvalue weighted by atomic mass is 10.2. The van der Waals surface area contributed by atoms with Crippen molar-refractivity contribution in [2.45, 2.75) is 0 Å². The van der Waals surface area contributed by atoms with E-state index in [9.17, 15) is 9.59 Å². The van der Waals surface area contributed by atoms with Crippen LogP contribution in [0.3, 0.4) is 0 Å². The fraction of sp³-hybridized carbons (Fsp3) is 0.125. The molecule has 0 spiro atoms. The first-order valence-electron chi connectivity index (χ1n) is 6.55. The minimum Gasteiger partial charge on any atom is -0.496 e. The molecule has 0 radical (unpaired) electrons. The Labute approximate surface area is 127 Å². The van der Waals surface area contributed by atoms with Gasteiger partial charge in [0.15, 0.2) is 6.61 Å². The zero-order valence-corrected chi connectivity index (χ0v) is 12.0. The van der Waals surface area contributed by atoms with E-state index in [-0.39, 0.29) is 12.5 Å². The SMILES string of the molecule is COc1ccccc1C(=O)Nc1cccc(OCC(N)=O)c1. The number of methoxy groups -OCH3 is 1. The predicted molar refractivity (Wildman–Crippen MR) is 82.1 cm³/mol. The van der Waals surface area contributed by atoms with Crippen molar-refractivity contribution in [3.63, 3.8) is 0 Å². The molecule has 0 heterocycles. The molecule has 0 atom stereocenters. The number of nitrogens with two attached hydrogens (primary N) is 1. The second-order valence-corrected chi connectivity index (χ2v) is 4.44. The minimum atomic E-state index is -0.566. The number of benzene rings is 2. The van der Waals surface area contributed by atoms with Gasteiger partial charge in [0.1, 0.15) is 11.5 Å². The van der Waals surface area contributed by atoms with E-state index in [0.717, 1.165) is 0 Å². The zero-order valence-electron chi connectivity index (χ0n) is 12.0. The highest BCUT2D eigenvalue weighted by Gasteiger charge is 2.11. The van der Waals surface area contributed by atoms with Crippen LogP contribution >= 0.6 is 0 Å². The molecule has 0 aromatic heterocycles. The third-order valence-electron chi connectivity index (χ3n) is 2.82. The molecular weight excluding hydrogens is 284 g/mol. The van der Waals surface area contributed by atoms with Gasteiger partial charge < -0.3 is 20.5 Å². The zero-order chi connectivity index (χ0) is 15.9. The number of rotatable bonds is 6. The van der Waals surface area contributed by atoms with Crippen molar-refractivity contribution in [3.8, 4) is 11.5 Å². The first kappa shape index (κ1) is 15.4. The Kier molecular flexibility index (Phi) is 4.98. The molecule has 0 aliphatic carbocycles. The highest BCUT2D eigenvalue weighted by molar-refractivity contribution is 6.06. The van der Waals surface area contributed by atoms with Gasteiger partial charge in [-0.1, -0.05) is 18.2 Å². The van der Waals surface area contributed by atoms with Crippen LogP contribution in [0, 0.1) is 0 Å². The van der Waals surface area contributed by atoms with E-state index in [0.29, 0.717) is 22.7 Å². The number of ether oxygens (including phenoxy) is 2. The molecule has 0 saturated heterocycles. The molecule has 6 nitrogen and oxygen atoms in total. The van der Waals surface area contributed by atoms with Crippen LogP contribution in [0.4, 0.5) is 5.69 Å². The molecule has 0 aliphatic heterocycles. The average molecular weight is 300 g/mol. The quantitative estimate of drug-likeness (QED) is 0.851. The highest BCUT2D eigenvalue weighted by Crippen LogP contribution is 2.21. The van der Waals surface area contributed by atoms with E-state index in [1.165, 1.54) is 7.11 Å². The number of hydrogen-bond acceptors (Lipinski definition) is 4. The number of carbonyl (C=O) groups excluding carboxylic acids is 2. The Morgan fingerprint density at radius 2 is 1.91 bits per heavy atom. The number of primary amides is 1. The van der Waals surface area contributed by atoms with E-state index < -0.39 is 5.91 Å². The lowest BCUT2D eigenvalue weighted by Gasteiger charge is -2.10. The van der Waals surface area contributed by atoms with E-state index in [1.54, 1.807) is 48.5 Å². The smallest absolute Gasteiger partial charge is 0.259 e. The standard InChI is InChI=1S/C16H16N2O4/c1-21-14-8-3-2-7-13(14)16(20)18-11-5-4-6-12(9-11)22-10-15(17)19/h2-9H,10H2,1H3,(H2,17,19)(H,18,20). The van der Waals surface area contributed by atoms with Crippen molar-refractivity contribution in [1.82, 2.24) is 0 Å². The summed E-state index contributed by atoms with van der Waals surface area (Å²) in [4.78, 5) is 23.0. The topological polar surface area (TPSA) is 90.7 Å². The van der Waals surface area contributed by atoms with Crippen LogP contribution in [0.5, 0.6) is 11.5 Å². The van der Waals surface area contributed by atoms with Gasteiger partial charge in [-0.3, -0.25) is 9.59 Å². The van der Waals surface area contributed by atoms with E-state index in [1.807, 2.05) is 0 Å². The number of hydrogen-bond donors (Lipinski definition) is 2. The summed E-state index contributed by atoms with van der Waals surface area (Å²) in [5.41, 5.74) is 5.98. The van der Waals surface area contributed by atoms with Crippen molar-refractivity contribution in [1.29, 1.82) is 0 Å². The van der Waals surface area contributed by atoms with Crippen molar-refractivity contribution in [3.05, 3.63) is 54.1 Å². The van der Waals surface area contributed by atoms with Gasteiger partial charge in [-0.2, -0.15) is 0 Å². The van der Waals surface area contributed by atoms with Gasteiger partial charge in [0, 0.05) is 11.8 Å². The summed E-state index contributed by atoms with van der Waals surface area (Å²) in [5, 5.41) is 2.75. The maximum absolute atomic E-state index is 12.3. The Morgan fingerprint density at radius 1 is 1.14 bits per heavy atom. The van der Waals surface area contributed by atoms with E-state index >= 15 is 0 Å². The lowest BCUT2D eigenvalue weighted by Crippen LogP contribution is -2.20. The maximum Gasteiger partial charge on any atom is 0.259 e. The Balaban J connectivity index is 2.11. The van der Waals surface area contributed by atoms with Gasteiger partial charge in [0.25, 0.3) is 11.8 Å². The number of para-hydroxylation sites is 1. The summed E-state index contributed by atoms with van der Waals surface area (Å²) >= 11 is 0. The third-order valence-corrected chi connectivity index (χ3v) is 2.82. The molecule has 0 bridgehead atoms. The molecule has 3 N–H and O–H groups in total. The Hall–Kier alpha value is -3.02. The molecule has 0 fully saturated rings. The molecule has 2 rings (SSSR count). The van der Waals surface area contributed by atoms with Crippen LogP contribution in [0.15, 0.2) is 48.5 Å². The summed E-state index contributed by atoms with van der Waals surface area (Å²) in [7, 11) is 1.50. The number of nitrogens with one attached hydrogen (secondary N) is 1. The first-order chi connectivity index (χ1) is 10.6. The summed E-state index contributed by atoms with van der Waals surface area (Å²) in [6.07, 6.45) is 0. The van der Waals surface area contributed by atoms with E-state index in [2.05, 4.69) is 5.32 Å². The van der Waals surface area contributed by atoms with Crippen LogP contribution < -0.4 is 20.5 Å². The van der Waals surface area contributed by atoms with Crippen LogP contribution in [0.1, 0.15) is 10.4 Å². The maximum atomic E-state index is 12.3. The molecule has 2 aromatic carbocycles. The molecular formula is C16H16N2O4. The Morgan fingerprint density at radius 3 is 2.64 bits per heavy atom. The molecule has 0 aliphatic rings. The van der Waals surface area contributed by atoms with Crippen LogP contribution in [0.25, 0.3) is 0 Å². The summed E-state index contributed by atoms with van der Waals surface area (Å²) < 4.78 is 10.3. The molecule has 114 valence electrons. The fourth-order valence-corrected chi connectivity index (χ4v) is 1.85. The molecule has 0 unspecified atom stereocenters. The molecule has 2 aromatic rings. The summed E-state index contributed by atoms with van der Waals surface area (Å²) in [5.74, 6) is 0.0609. The van der Waals surface area contributed by atoms with Crippen LogP contribution in [0.2, 0.25) is 0 Å². The lowest BCUT2D eigenvalue weighted by molar-refractivity contribution is -0.119. The van der Waals surface area contributed by atoms with Gasteiger partial charge in [-0.25, -0.2) is 0 Å². The number of carbonyl (C=O) groups is 2. The second kappa shape index (κ2) is 7.12. The van der Waals surface area contributed by atoms with Gasteiger partial charge in [-0.15, -0.1) is 0 Å². The van der Waals surface area contributed by atoms with Gasteiger partial charge in [-0.05, 0) is 24.3 Å². The second-order valence-electron chi connectivity index (χ2n) is 4.44. The fourth-order valence-electron chi connectivity index (χ4n) is 1.85. The highest BCUT2D eigenvalue weighted by atomic mass is 16.5. The first-order valence-corrected chi connectivity index (χ1v) is 6.55. The number of amides is 2. The normalized spacial score (nSPS) is 9.86. The van der Waals surface area contributed by atoms with Gasteiger partial charge >= 0.3 is 0 Å². The third kappa shape index (κ3) is 3.99. The average Bonchev–Trinajstić information content (AvgIpc) is 2.53. The van der Waals surface area contributed by atoms with Crippen molar-refractivity contribution in [2.75, 3.05) is 19.0 Å². The molecule has 0 saturated carbocycles. The van der Waals surface area contributed by atoms with Gasteiger partial charge in [0.05, 0.1) is 12.7 Å². The Bertz CT molecular complexity index is 685. The molecule has 6 heteroatoms. The van der Waals surface area contributed by atoms with Crippen molar-refractivity contribution in [2.24, 2.45) is 5.73 Å². The predicted octanol–water partition coefficient (Wildman–Crippen LogP) is 1.81. The number of anilines is 1. The molecule has 22 heavy (non-hydrogen) atoms. The van der Waals surface area contributed by atoms with Gasteiger partial charge in [0.2, 0.25) is 0 Å². The van der Waals surface area contributed by atoms with Crippen molar-refractivity contribution >= 4 is 17.5 Å². The van der Waals surface area contributed by atoms with E-state index in [4.69, 9.17) is 15.2 Å². The van der Waals surface area contributed by atoms with Crippen molar-refractivity contribution < 1.29 is 19.1 Å². The largest absolute Gasteiger partial charge is 0.496 e. The monoisotopic (exact) mass is 300 g/mol. The summed E-state index contributed by atoms with van der Waals surface area (Å²) in [6.45, 7) is -0.218. The molecule has 2 amide bonds. The minimum absolute atomic E-state index is 0.218. The summed E-state index contributed by atoms with van der Waals surface area (Å²) in [6, 6.07) is 13.6.